The Balaban J connectivity index is 1.49. The van der Waals surface area contributed by atoms with Gasteiger partial charge in [-0.1, -0.05) is 0 Å². The summed E-state index contributed by atoms with van der Waals surface area (Å²) < 4.78 is 12.6. The number of methoxy groups -OCH3 is 2. The van der Waals surface area contributed by atoms with Crippen molar-refractivity contribution in [2.45, 2.75) is 52.6 Å². The van der Waals surface area contributed by atoms with Crippen molar-refractivity contribution in [2.24, 2.45) is 5.92 Å². The zero-order valence-electron chi connectivity index (χ0n) is 18.6. The van der Waals surface area contributed by atoms with Gasteiger partial charge in [-0.25, -0.2) is 0 Å². The summed E-state index contributed by atoms with van der Waals surface area (Å²) in [6.07, 6.45) is 5.78. The number of hydrogen-bond acceptors (Lipinski definition) is 5. The molecular weight excluding hydrogens is 380 g/mol. The first kappa shape index (κ1) is 22.2. The summed E-state index contributed by atoms with van der Waals surface area (Å²) in [6, 6.07) is 5.40. The Bertz CT molecular complexity index is 827. The number of carbonyl (C=O) groups is 1. The first-order chi connectivity index (χ1) is 14.5. The van der Waals surface area contributed by atoms with Gasteiger partial charge in [0.25, 0.3) is 0 Å². The number of rotatable bonds is 9. The molecule has 1 aromatic heterocycles. The van der Waals surface area contributed by atoms with E-state index in [0.717, 1.165) is 32.6 Å². The summed E-state index contributed by atoms with van der Waals surface area (Å²) in [6.45, 7) is 8.26. The van der Waals surface area contributed by atoms with E-state index in [1.807, 2.05) is 18.3 Å². The fraction of sp³-hybridized carbons (Fsp3) is 0.565. The van der Waals surface area contributed by atoms with Crippen LogP contribution >= 0.6 is 0 Å². The molecule has 1 amide bonds. The molecular formula is C23H34N4O3. The number of carbonyl (C=O) groups excluding carboxylic acids is 1. The van der Waals surface area contributed by atoms with E-state index in [4.69, 9.17) is 9.47 Å². The lowest BCUT2D eigenvalue weighted by Crippen LogP contribution is -2.35. The number of hydrogen-bond donors (Lipinski definition) is 1. The van der Waals surface area contributed by atoms with Gasteiger partial charge in [-0.3, -0.25) is 14.4 Å². The topological polar surface area (TPSA) is 68.6 Å². The van der Waals surface area contributed by atoms with Crippen molar-refractivity contribution in [3.05, 3.63) is 35.7 Å². The van der Waals surface area contributed by atoms with Crippen molar-refractivity contribution in [2.75, 3.05) is 32.6 Å². The number of nitrogens with one attached hydrogen (secondary N) is 1. The Labute approximate surface area is 179 Å². The molecule has 3 rings (SSSR count). The number of anilines is 1. The minimum absolute atomic E-state index is 0.0301. The molecule has 1 saturated heterocycles. The van der Waals surface area contributed by atoms with Gasteiger partial charge in [0.1, 0.15) is 11.5 Å². The standard InChI is InChI=1S/C23H34N4O3/c1-5-27-17(2)19(14-24-27)16-26-10-6-7-18(15-26)8-9-23(28)25-20-11-21(29-3)13-22(12-20)30-4/h11-14,18H,5-10,15-16H2,1-4H3,(H,25,28)/t18-/m1/s1. The largest absolute Gasteiger partial charge is 0.497 e. The number of aromatic nitrogens is 2. The first-order valence-electron chi connectivity index (χ1n) is 10.8. The molecule has 2 heterocycles. The third-order valence-corrected chi connectivity index (χ3v) is 5.92. The molecule has 0 aliphatic carbocycles. The van der Waals surface area contributed by atoms with Crippen LogP contribution in [0, 0.1) is 12.8 Å². The average Bonchev–Trinajstić information content (AvgIpc) is 3.11. The maximum atomic E-state index is 12.5. The Morgan fingerprint density at radius 3 is 2.60 bits per heavy atom. The fourth-order valence-corrected chi connectivity index (χ4v) is 4.17. The number of nitrogens with zero attached hydrogens (tertiary/aromatic N) is 3. The second-order valence-electron chi connectivity index (χ2n) is 8.00. The highest BCUT2D eigenvalue weighted by atomic mass is 16.5. The monoisotopic (exact) mass is 414 g/mol. The second kappa shape index (κ2) is 10.5. The van der Waals surface area contributed by atoms with Crippen LogP contribution in [-0.4, -0.2) is 47.9 Å². The van der Waals surface area contributed by atoms with E-state index >= 15 is 0 Å². The van der Waals surface area contributed by atoms with Crippen LogP contribution in [0.4, 0.5) is 5.69 Å². The highest BCUT2D eigenvalue weighted by Crippen LogP contribution is 2.27. The number of amides is 1. The van der Waals surface area contributed by atoms with E-state index in [-0.39, 0.29) is 5.91 Å². The van der Waals surface area contributed by atoms with Gasteiger partial charge >= 0.3 is 0 Å². The highest BCUT2D eigenvalue weighted by molar-refractivity contribution is 5.91. The Hall–Kier alpha value is -2.54. The van der Waals surface area contributed by atoms with Gasteiger partial charge in [-0.2, -0.15) is 5.10 Å². The van der Waals surface area contributed by atoms with E-state index in [0.29, 0.717) is 29.5 Å². The summed E-state index contributed by atoms with van der Waals surface area (Å²) in [4.78, 5) is 15.0. The molecule has 1 atom stereocenters. The van der Waals surface area contributed by atoms with Gasteiger partial charge in [0, 0.05) is 61.2 Å². The summed E-state index contributed by atoms with van der Waals surface area (Å²) >= 11 is 0. The van der Waals surface area contributed by atoms with Gasteiger partial charge in [0.2, 0.25) is 5.91 Å². The second-order valence-corrected chi connectivity index (χ2v) is 8.00. The zero-order chi connectivity index (χ0) is 21.5. The van der Waals surface area contributed by atoms with Crippen LogP contribution in [0.5, 0.6) is 11.5 Å². The lowest BCUT2D eigenvalue weighted by atomic mass is 9.93. The van der Waals surface area contributed by atoms with Crippen LogP contribution in [0.3, 0.4) is 0 Å². The van der Waals surface area contributed by atoms with Crippen LogP contribution < -0.4 is 14.8 Å². The number of likely N-dealkylation sites (tertiary alicyclic amines) is 1. The maximum Gasteiger partial charge on any atom is 0.224 e. The lowest BCUT2D eigenvalue weighted by molar-refractivity contribution is -0.116. The fourth-order valence-electron chi connectivity index (χ4n) is 4.17. The Morgan fingerprint density at radius 2 is 1.97 bits per heavy atom. The van der Waals surface area contributed by atoms with Gasteiger partial charge in [-0.15, -0.1) is 0 Å². The summed E-state index contributed by atoms with van der Waals surface area (Å²) in [7, 11) is 3.20. The average molecular weight is 415 g/mol. The molecule has 30 heavy (non-hydrogen) atoms. The minimum Gasteiger partial charge on any atom is -0.497 e. The normalized spacial score (nSPS) is 17.0. The molecule has 0 spiro atoms. The van der Waals surface area contributed by atoms with Gasteiger partial charge in [0.15, 0.2) is 0 Å². The predicted octanol–water partition coefficient (Wildman–Crippen LogP) is 3.86. The van der Waals surface area contributed by atoms with Crippen molar-refractivity contribution in [1.82, 2.24) is 14.7 Å². The van der Waals surface area contributed by atoms with Crippen LogP contribution in [0.1, 0.15) is 43.9 Å². The number of aryl methyl sites for hydroxylation is 1. The molecule has 7 nitrogen and oxygen atoms in total. The third-order valence-electron chi connectivity index (χ3n) is 5.92. The molecule has 2 aromatic rings. The van der Waals surface area contributed by atoms with Crippen molar-refractivity contribution >= 4 is 11.6 Å². The zero-order valence-corrected chi connectivity index (χ0v) is 18.6. The molecule has 7 heteroatoms. The van der Waals surface area contributed by atoms with Crippen molar-refractivity contribution in [1.29, 1.82) is 0 Å². The summed E-state index contributed by atoms with van der Waals surface area (Å²) in [5, 5.41) is 7.44. The van der Waals surface area contributed by atoms with E-state index in [9.17, 15) is 4.79 Å². The Morgan fingerprint density at radius 1 is 1.23 bits per heavy atom. The number of piperidine rings is 1. The minimum atomic E-state index is 0.0301. The number of ether oxygens (including phenoxy) is 2. The maximum absolute atomic E-state index is 12.5. The molecule has 1 N–H and O–H groups in total. The van der Waals surface area contributed by atoms with Crippen LogP contribution in [0.15, 0.2) is 24.4 Å². The summed E-state index contributed by atoms with van der Waals surface area (Å²) in [5.74, 6) is 1.90. The van der Waals surface area contributed by atoms with Gasteiger partial charge in [-0.05, 0) is 45.6 Å². The predicted molar refractivity (Wildman–Crippen MR) is 118 cm³/mol. The molecule has 0 saturated carbocycles. The molecule has 1 aromatic carbocycles. The Kier molecular flexibility index (Phi) is 7.74. The molecule has 0 unspecified atom stereocenters. The molecule has 1 aliphatic rings. The van der Waals surface area contributed by atoms with E-state index in [1.165, 1.54) is 24.1 Å². The van der Waals surface area contributed by atoms with E-state index in [1.54, 1.807) is 20.3 Å². The molecule has 0 radical (unpaired) electrons. The van der Waals surface area contributed by atoms with Gasteiger partial charge < -0.3 is 14.8 Å². The SMILES string of the molecule is CCn1ncc(CN2CCC[C@H](CCC(=O)Nc3cc(OC)cc(OC)c3)C2)c1C. The quantitative estimate of drug-likeness (QED) is 0.675. The molecule has 0 bridgehead atoms. The molecule has 164 valence electrons. The van der Waals surface area contributed by atoms with Crippen molar-refractivity contribution in [3.63, 3.8) is 0 Å². The molecule has 1 fully saturated rings. The smallest absolute Gasteiger partial charge is 0.224 e. The number of benzene rings is 1. The van der Waals surface area contributed by atoms with Gasteiger partial charge in [0.05, 0.1) is 20.4 Å². The van der Waals surface area contributed by atoms with Crippen LogP contribution in [-0.2, 0) is 17.9 Å². The van der Waals surface area contributed by atoms with Crippen LogP contribution in [0.2, 0.25) is 0 Å². The van der Waals surface area contributed by atoms with E-state index in [2.05, 4.69) is 33.8 Å². The first-order valence-corrected chi connectivity index (χ1v) is 10.8. The third kappa shape index (κ3) is 5.75. The van der Waals surface area contributed by atoms with E-state index < -0.39 is 0 Å². The van der Waals surface area contributed by atoms with Crippen molar-refractivity contribution < 1.29 is 14.3 Å². The molecule has 1 aliphatic heterocycles. The van der Waals surface area contributed by atoms with Crippen LogP contribution in [0.25, 0.3) is 0 Å². The highest BCUT2D eigenvalue weighted by Gasteiger charge is 2.22. The lowest BCUT2D eigenvalue weighted by Gasteiger charge is -2.32. The van der Waals surface area contributed by atoms with Crippen molar-refractivity contribution in [3.8, 4) is 11.5 Å². The summed E-state index contributed by atoms with van der Waals surface area (Å²) in [5.41, 5.74) is 3.26.